The number of hydrogen-bond donors (Lipinski definition) is 1. The van der Waals surface area contributed by atoms with Crippen molar-refractivity contribution in [1.82, 2.24) is 15.1 Å². The minimum atomic E-state index is 0.0232. The van der Waals surface area contributed by atoms with Gasteiger partial charge in [-0.25, -0.2) is 0 Å². The summed E-state index contributed by atoms with van der Waals surface area (Å²) >= 11 is 5.78. The number of nitrogens with one attached hydrogen (secondary N) is 1. The maximum Gasteiger partial charge on any atom is 0.241 e. The monoisotopic (exact) mass is 281 g/mol. The van der Waals surface area contributed by atoms with Gasteiger partial charge in [-0.15, -0.1) is 0 Å². The van der Waals surface area contributed by atoms with Crippen LogP contribution < -0.4 is 5.32 Å². The SMILES string of the molecule is CC(NC(=O)Cn1cc(Cl)cn1)C1CC2CCC1C2. The Labute approximate surface area is 118 Å². The van der Waals surface area contributed by atoms with Crippen molar-refractivity contribution in [2.75, 3.05) is 0 Å². The number of halogens is 1. The topological polar surface area (TPSA) is 46.9 Å². The molecule has 1 N–H and O–H groups in total. The first-order valence-electron chi connectivity index (χ1n) is 7.09. The van der Waals surface area contributed by atoms with E-state index in [0.717, 1.165) is 11.8 Å². The molecular weight excluding hydrogens is 262 g/mol. The van der Waals surface area contributed by atoms with Gasteiger partial charge in [-0.3, -0.25) is 9.48 Å². The van der Waals surface area contributed by atoms with Crippen LogP contribution in [0.4, 0.5) is 0 Å². The highest BCUT2D eigenvalue weighted by molar-refractivity contribution is 6.30. The second kappa shape index (κ2) is 5.16. The van der Waals surface area contributed by atoms with Crippen LogP contribution in [0.3, 0.4) is 0 Å². The lowest BCUT2D eigenvalue weighted by Crippen LogP contribution is -2.41. The number of amides is 1. The summed E-state index contributed by atoms with van der Waals surface area (Å²) in [5.41, 5.74) is 0. The highest BCUT2D eigenvalue weighted by Crippen LogP contribution is 2.49. The smallest absolute Gasteiger partial charge is 0.241 e. The lowest BCUT2D eigenvalue weighted by Gasteiger charge is -2.28. The van der Waals surface area contributed by atoms with Crippen molar-refractivity contribution in [3.05, 3.63) is 17.4 Å². The Bertz CT molecular complexity index is 473. The molecule has 2 aliphatic carbocycles. The molecule has 2 bridgehead atoms. The largest absolute Gasteiger partial charge is 0.352 e. The Morgan fingerprint density at radius 1 is 1.58 bits per heavy atom. The molecule has 2 aliphatic rings. The van der Waals surface area contributed by atoms with E-state index in [1.165, 1.54) is 25.7 Å². The van der Waals surface area contributed by atoms with Gasteiger partial charge >= 0.3 is 0 Å². The Kier molecular flexibility index (Phi) is 3.52. The Morgan fingerprint density at radius 2 is 2.42 bits per heavy atom. The molecule has 0 aliphatic heterocycles. The predicted octanol–water partition coefficient (Wildman–Crippen LogP) is 2.48. The van der Waals surface area contributed by atoms with Gasteiger partial charge in [-0.1, -0.05) is 18.0 Å². The van der Waals surface area contributed by atoms with E-state index in [0.29, 0.717) is 10.9 Å². The summed E-state index contributed by atoms with van der Waals surface area (Å²) in [6.07, 6.45) is 8.63. The standard InChI is InChI=1S/C14H20ClN3O/c1-9(13-5-10-2-3-11(13)4-10)17-14(19)8-18-7-12(15)6-16-18/h6-7,9-11,13H,2-5,8H2,1H3,(H,17,19). The van der Waals surface area contributed by atoms with Crippen molar-refractivity contribution in [2.24, 2.45) is 17.8 Å². The van der Waals surface area contributed by atoms with Gasteiger partial charge in [-0.2, -0.15) is 5.10 Å². The summed E-state index contributed by atoms with van der Waals surface area (Å²) in [7, 11) is 0. The number of carbonyl (C=O) groups is 1. The molecule has 1 heterocycles. The summed E-state index contributed by atoms with van der Waals surface area (Å²) in [4.78, 5) is 12.0. The maximum absolute atomic E-state index is 12.0. The zero-order valence-electron chi connectivity index (χ0n) is 11.2. The van der Waals surface area contributed by atoms with Gasteiger partial charge in [0.05, 0.1) is 11.2 Å². The number of rotatable bonds is 4. The Morgan fingerprint density at radius 3 is 3.00 bits per heavy atom. The van der Waals surface area contributed by atoms with Crippen molar-refractivity contribution >= 4 is 17.5 Å². The molecule has 0 radical (unpaired) electrons. The van der Waals surface area contributed by atoms with Gasteiger partial charge in [0.25, 0.3) is 0 Å². The molecule has 1 aromatic heterocycles. The van der Waals surface area contributed by atoms with Gasteiger partial charge in [0.1, 0.15) is 6.54 Å². The first-order valence-corrected chi connectivity index (χ1v) is 7.47. The van der Waals surface area contributed by atoms with Crippen LogP contribution >= 0.6 is 11.6 Å². The van der Waals surface area contributed by atoms with E-state index in [1.54, 1.807) is 17.1 Å². The Hall–Kier alpha value is -1.03. The summed E-state index contributed by atoms with van der Waals surface area (Å²) in [6.45, 7) is 2.39. The van der Waals surface area contributed by atoms with E-state index in [4.69, 9.17) is 11.6 Å². The average Bonchev–Trinajstić information content (AvgIpc) is 3.05. The van der Waals surface area contributed by atoms with Gasteiger partial charge in [0, 0.05) is 12.2 Å². The number of hydrogen-bond acceptors (Lipinski definition) is 2. The molecule has 104 valence electrons. The lowest BCUT2D eigenvalue weighted by molar-refractivity contribution is -0.122. The van der Waals surface area contributed by atoms with Gasteiger partial charge < -0.3 is 5.32 Å². The first kappa shape index (κ1) is 13.0. The molecule has 0 aromatic carbocycles. The zero-order chi connectivity index (χ0) is 13.4. The first-order chi connectivity index (χ1) is 9.11. The number of fused-ring (bicyclic) bond motifs is 2. The third kappa shape index (κ3) is 2.78. The van der Waals surface area contributed by atoms with Gasteiger partial charge in [0.2, 0.25) is 5.91 Å². The highest BCUT2D eigenvalue weighted by Gasteiger charge is 2.42. The van der Waals surface area contributed by atoms with E-state index in [1.807, 2.05) is 0 Å². The van der Waals surface area contributed by atoms with Crippen LogP contribution in [-0.2, 0) is 11.3 Å². The fraction of sp³-hybridized carbons (Fsp3) is 0.714. The van der Waals surface area contributed by atoms with Crippen LogP contribution in [-0.4, -0.2) is 21.7 Å². The van der Waals surface area contributed by atoms with Crippen LogP contribution in [0.15, 0.2) is 12.4 Å². The minimum absolute atomic E-state index is 0.0232. The normalized spacial score (nSPS) is 30.5. The molecule has 4 atom stereocenters. The average molecular weight is 282 g/mol. The molecule has 1 amide bonds. The van der Waals surface area contributed by atoms with Crippen LogP contribution in [0.5, 0.6) is 0 Å². The predicted molar refractivity (Wildman–Crippen MR) is 73.8 cm³/mol. The van der Waals surface area contributed by atoms with E-state index >= 15 is 0 Å². The second-order valence-corrected chi connectivity index (χ2v) is 6.49. The molecule has 2 saturated carbocycles. The van der Waals surface area contributed by atoms with Crippen LogP contribution in [0.25, 0.3) is 0 Å². The fourth-order valence-corrected chi connectivity index (χ4v) is 4.04. The van der Waals surface area contributed by atoms with Gasteiger partial charge in [-0.05, 0) is 43.9 Å². The lowest BCUT2D eigenvalue weighted by atomic mass is 9.84. The molecule has 2 fully saturated rings. The third-order valence-corrected chi connectivity index (χ3v) is 4.93. The zero-order valence-corrected chi connectivity index (χ0v) is 11.9. The summed E-state index contributed by atoms with van der Waals surface area (Å²) in [5, 5.41) is 7.71. The summed E-state index contributed by atoms with van der Waals surface area (Å²) in [6, 6.07) is 0.272. The summed E-state index contributed by atoms with van der Waals surface area (Å²) < 4.78 is 1.57. The van der Waals surface area contributed by atoms with Crippen molar-refractivity contribution in [2.45, 2.75) is 45.2 Å². The molecular formula is C14H20ClN3O. The van der Waals surface area contributed by atoms with Gasteiger partial charge in [0.15, 0.2) is 0 Å². The van der Waals surface area contributed by atoms with Crippen molar-refractivity contribution < 1.29 is 4.79 Å². The molecule has 4 unspecified atom stereocenters. The fourth-order valence-electron chi connectivity index (χ4n) is 3.88. The number of carbonyl (C=O) groups excluding carboxylic acids is 1. The van der Waals surface area contributed by atoms with Crippen molar-refractivity contribution in [3.8, 4) is 0 Å². The second-order valence-electron chi connectivity index (χ2n) is 6.05. The minimum Gasteiger partial charge on any atom is -0.352 e. The Balaban J connectivity index is 1.52. The third-order valence-electron chi connectivity index (χ3n) is 4.73. The van der Waals surface area contributed by atoms with Crippen LogP contribution in [0.1, 0.15) is 32.6 Å². The number of nitrogens with zero attached hydrogens (tertiary/aromatic N) is 2. The molecule has 3 rings (SSSR count). The molecule has 19 heavy (non-hydrogen) atoms. The maximum atomic E-state index is 12.0. The van der Waals surface area contributed by atoms with E-state index < -0.39 is 0 Å². The highest BCUT2D eigenvalue weighted by atomic mass is 35.5. The van der Waals surface area contributed by atoms with Crippen molar-refractivity contribution in [3.63, 3.8) is 0 Å². The quantitative estimate of drug-likeness (QED) is 0.922. The molecule has 4 nitrogen and oxygen atoms in total. The van der Waals surface area contributed by atoms with E-state index in [2.05, 4.69) is 17.3 Å². The molecule has 0 spiro atoms. The summed E-state index contributed by atoms with van der Waals surface area (Å²) in [5.74, 6) is 2.44. The molecule has 5 heteroatoms. The van der Waals surface area contributed by atoms with Crippen molar-refractivity contribution in [1.29, 1.82) is 0 Å². The number of aromatic nitrogens is 2. The van der Waals surface area contributed by atoms with Crippen LogP contribution in [0, 0.1) is 17.8 Å². The van der Waals surface area contributed by atoms with Crippen LogP contribution in [0.2, 0.25) is 5.02 Å². The molecule has 0 saturated heterocycles. The van der Waals surface area contributed by atoms with E-state index in [-0.39, 0.29) is 18.5 Å². The molecule has 1 aromatic rings. The van der Waals surface area contributed by atoms with E-state index in [9.17, 15) is 4.79 Å².